The number of nitrogens with zero attached hydrogens (tertiary/aromatic N) is 1. The molecule has 2 aromatic rings. The van der Waals surface area contributed by atoms with E-state index in [1.54, 1.807) is 24.3 Å². The van der Waals surface area contributed by atoms with E-state index >= 15 is 0 Å². The number of hydrogen-bond acceptors (Lipinski definition) is 3. The average molecular weight is 320 g/mol. The molecule has 1 heterocycles. The van der Waals surface area contributed by atoms with Crippen LogP contribution in [0.3, 0.4) is 0 Å². The van der Waals surface area contributed by atoms with Gasteiger partial charge in [-0.15, -0.1) is 0 Å². The fourth-order valence-corrected chi connectivity index (χ4v) is 1.95. The van der Waals surface area contributed by atoms with Gasteiger partial charge in [-0.2, -0.15) is 0 Å². The molecule has 0 unspecified atom stereocenters. The van der Waals surface area contributed by atoms with E-state index in [4.69, 9.17) is 0 Å². The average Bonchev–Trinajstić information content (AvgIpc) is 2.95. The van der Waals surface area contributed by atoms with Crippen molar-refractivity contribution in [1.29, 1.82) is 0 Å². The summed E-state index contributed by atoms with van der Waals surface area (Å²) in [5.41, 5.74) is 1.40. The molecule has 5 nitrogen and oxygen atoms in total. The molecule has 1 N–H and O–H groups in total. The monoisotopic (exact) mass is 320 g/mol. The Bertz CT molecular complexity index is 750. The van der Waals surface area contributed by atoms with Crippen molar-refractivity contribution >= 4 is 29.1 Å². The van der Waals surface area contributed by atoms with Crippen LogP contribution in [0.4, 0.5) is 11.4 Å². The van der Waals surface area contributed by atoms with Crippen molar-refractivity contribution in [3.05, 3.63) is 85.5 Å². The Morgan fingerprint density at radius 2 is 1.38 bits per heavy atom. The molecule has 3 rings (SSSR count). The maximum absolute atomic E-state index is 11.2. The Morgan fingerprint density at radius 1 is 0.875 bits per heavy atom. The van der Waals surface area contributed by atoms with E-state index in [0.29, 0.717) is 5.69 Å². The summed E-state index contributed by atoms with van der Waals surface area (Å²) in [5, 5.41) is 2.63. The van der Waals surface area contributed by atoms with Crippen LogP contribution in [0, 0.1) is 0 Å². The minimum Gasteiger partial charge on any atom is -0.323 e. The van der Waals surface area contributed by atoms with Crippen LogP contribution < -0.4 is 10.2 Å². The van der Waals surface area contributed by atoms with Gasteiger partial charge in [-0.3, -0.25) is 14.4 Å². The van der Waals surface area contributed by atoms with Gasteiger partial charge in [0.15, 0.2) is 0 Å². The minimum atomic E-state index is -0.281. The van der Waals surface area contributed by atoms with Gasteiger partial charge in [-0.1, -0.05) is 43.0 Å². The Kier molecular flexibility index (Phi) is 5.80. The van der Waals surface area contributed by atoms with E-state index in [1.165, 1.54) is 18.2 Å². The lowest BCUT2D eigenvalue weighted by Crippen LogP contribution is -2.29. The summed E-state index contributed by atoms with van der Waals surface area (Å²) >= 11 is 0. The van der Waals surface area contributed by atoms with E-state index in [2.05, 4.69) is 11.9 Å². The molecule has 1 aliphatic rings. The summed E-state index contributed by atoms with van der Waals surface area (Å²) in [6.07, 6.45) is 3.79. The van der Waals surface area contributed by atoms with Crippen molar-refractivity contribution in [3.63, 3.8) is 0 Å². The Hall–Kier alpha value is -3.47. The van der Waals surface area contributed by atoms with Gasteiger partial charge in [0.25, 0.3) is 11.8 Å². The van der Waals surface area contributed by atoms with Gasteiger partial charge in [-0.25, -0.2) is 4.90 Å². The third kappa shape index (κ3) is 4.51. The number of rotatable bonds is 3. The van der Waals surface area contributed by atoms with Crippen LogP contribution in [-0.2, 0) is 14.4 Å². The molecule has 24 heavy (non-hydrogen) atoms. The fourth-order valence-electron chi connectivity index (χ4n) is 1.95. The summed E-state index contributed by atoms with van der Waals surface area (Å²) in [5.74, 6) is -0.747. The quantitative estimate of drug-likeness (QED) is 0.698. The van der Waals surface area contributed by atoms with Crippen molar-refractivity contribution in [2.24, 2.45) is 0 Å². The van der Waals surface area contributed by atoms with Gasteiger partial charge < -0.3 is 5.32 Å². The molecule has 1 aliphatic heterocycles. The second-order valence-electron chi connectivity index (χ2n) is 4.74. The van der Waals surface area contributed by atoms with Crippen molar-refractivity contribution in [2.45, 2.75) is 0 Å². The summed E-state index contributed by atoms with van der Waals surface area (Å²) in [6, 6.07) is 18.1. The molecule has 0 spiro atoms. The summed E-state index contributed by atoms with van der Waals surface area (Å²) in [7, 11) is 0. The minimum absolute atomic E-state index is 0.184. The van der Waals surface area contributed by atoms with Gasteiger partial charge in [0, 0.05) is 17.8 Å². The van der Waals surface area contributed by atoms with Gasteiger partial charge >= 0.3 is 0 Å². The normalized spacial score (nSPS) is 12.4. The lowest BCUT2D eigenvalue weighted by Gasteiger charge is -2.12. The molecule has 5 heteroatoms. The van der Waals surface area contributed by atoms with E-state index in [1.807, 2.05) is 36.4 Å². The third-order valence-corrected chi connectivity index (χ3v) is 3.05. The highest BCUT2D eigenvalue weighted by atomic mass is 16.2. The molecule has 0 saturated heterocycles. The van der Waals surface area contributed by atoms with Gasteiger partial charge in [0.2, 0.25) is 5.91 Å². The zero-order valence-corrected chi connectivity index (χ0v) is 12.9. The number of para-hydroxylation sites is 2. The molecule has 0 aliphatic carbocycles. The highest BCUT2D eigenvalue weighted by Gasteiger charge is 2.24. The predicted octanol–water partition coefficient (Wildman–Crippen LogP) is 2.93. The van der Waals surface area contributed by atoms with Crippen LogP contribution in [0.25, 0.3) is 0 Å². The molecule has 2 aromatic carbocycles. The number of anilines is 2. The topological polar surface area (TPSA) is 66.5 Å². The number of carbonyl (C=O) groups is 3. The van der Waals surface area contributed by atoms with Crippen LogP contribution in [0.1, 0.15) is 0 Å². The highest BCUT2D eigenvalue weighted by molar-refractivity contribution is 6.28. The first kappa shape index (κ1) is 16.9. The first-order valence-corrected chi connectivity index (χ1v) is 7.21. The van der Waals surface area contributed by atoms with Crippen LogP contribution in [0.2, 0.25) is 0 Å². The van der Waals surface area contributed by atoms with Crippen molar-refractivity contribution < 1.29 is 14.4 Å². The summed E-state index contributed by atoms with van der Waals surface area (Å²) in [6.45, 7) is 3.34. The largest absolute Gasteiger partial charge is 0.323 e. The molecular formula is C19H16N2O3. The van der Waals surface area contributed by atoms with Gasteiger partial charge in [-0.05, 0) is 30.3 Å². The Labute approximate surface area is 139 Å². The molecule has 0 atom stereocenters. The molecule has 3 amide bonds. The smallest absolute Gasteiger partial charge is 0.258 e. The van der Waals surface area contributed by atoms with E-state index < -0.39 is 0 Å². The molecule has 120 valence electrons. The standard InChI is InChI=1S/C10H7NO2.C9H9NO/c12-9-6-7-10(13)11(9)8-4-2-1-3-5-8;1-2-9(11)10-8-6-4-3-5-7-8/h1-7H;2-7H,1H2,(H,10,11). The Morgan fingerprint density at radius 3 is 1.88 bits per heavy atom. The molecule has 0 bridgehead atoms. The maximum Gasteiger partial charge on any atom is 0.258 e. The number of hydrogen-bond donors (Lipinski definition) is 1. The second kappa shape index (κ2) is 8.24. The second-order valence-corrected chi connectivity index (χ2v) is 4.74. The first-order valence-electron chi connectivity index (χ1n) is 7.21. The van der Waals surface area contributed by atoms with Crippen molar-refractivity contribution in [3.8, 4) is 0 Å². The first-order chi connectivity index (χ1) is 11.6. The van der Waals surface area contributed by atoms with Gasteiger partial charge in [0.05, 0.1) is 5.69 Å². The molecule has 0 saturated carbocycles. The van der Waals surface area contributed by atoms with E-state index in [0.717, 1.165) is 10.6 Å². The summed E-state index contributed by atoms with van der Waals surface area (Å²) < 4.78 is 0. The number of carbonyl (C=O) groups excluding carboxylic acids is 3. The summed E-state index contributed by atoms with van der Waals surface area (Å²) in [4.78, 5) is 34.3. The lowest BCUT2D eigenvalue weighted by molar-refractivity contribution is -0.120. The highest BCUT2D eigenvalue weighted by Crippen LogP contribution is 2.17. The zero-order valence-electron chi connectivity index (χ0n) is 12.9. The van der Waals surface area contributed by atoms with Crippen LogP contribution in [-0.4, -0.2) is 17.7 Å². The Balaban J connectivity index is 0.000000177. The number of nitrogens with one attached hydrogen (secondary N) is 1. The number of imide groups is 1. The number of amides is 3. The van der Waals surface area contributed by atoms with Crippen molar-refractivity contribution in [1.82, 2.24) is 0 Å². The third-order valence-electron chi connectivity index (χ3n) is 3.05. The molecule has 0 aromatic heterocycles. The van der Waals surface area contributed by atoms with Crippen LogP contribution >= 0.6 is 0 Å². The van der Waals surface area contributed by atoms with Gasteiger partial charge in [0.1, 0.15) is 0 Å². The fraction of sp³-hybridized carbons (Fsp3) is 0. The molecule has 0 radical (unpaired) electrons. The number of benzene rings is 2. The molecule has 0 fully saturated rings. The van der Waals surface area contributed by atoms with Crippen LogP contribution in [0.5, 0.6) is 0 Å². The van der Waals surface area contributed by atoms with E-state index in [9.17, 15) is 14.4 Å². The predicted molar refractivity (Wildman–Crippen MR) is 93.3 cm³/mol. The lowest BCUT2D eigenvalue weighted by atomic mass is 10.3. The van der Waals surface area contributed by atoms with Crippen LogP contribution in [0.15, 0.2) is 85.5 Å². The van der Waals surface area contributed by atoms with Crippen molar-refractivity contribution in [2.75, 3.05) is 10.2 Å². The van der Waals surface area contributed by atoms with E-state index in [-0.39, 0.29) is 17.7 Å². The zero-order chi connectivity index (χ0) is 17.4. The maximum atomic E-state index is 11.2. The SMILES string of the molecule is C=CC(=O)Nc1ccccc1.O=C1C=CC(=O)N1c1ccccc1. The molecular weight excluding hydrogens is 304 g/mol.